The van der Waals surface area contributed by atoms with Gasteiger partial charge in [-0.25, -0.2) is 4.79 Å². The Labute approximate surface area is 292 Å². The van der Waals surface area contributed by atoms with E-state index in [-0.39, 0.29) is 6.42 Å². The standard InChI is InChI=1S/C29H49N7O15/c1-5-13(4)22(36-27(48)18(11-39)33-23(44)14(30)9-37)28(49)31-15(6-7-19(40)41)24(45)34-17(10-38)26(47)32-16(8-20(42)43)25(46)35-21(12(2)3)29(50)51/h12-18,21-22,37-39H,5-11,30H2,1-4H3,(H,31,49)(H,32,47)(H,33,44)(H,34,45)(H,35,46)(H,36,48)(H,40,41)(H,42,43)(H,50,51)/t13-,14-,15-,16-,17-,18-,21-,22-/m0/s1. The molecule has 0 aliphatic heterocycles. The van der Waals surface area contributed by atoms with Gasteiger partial charge in [0.15, 0.2) is 0 Å². The van der Waals surface area contributed by atoms with Crippen molar-refractivity contribution in [2.45, 2.75) is 95.7 Å². The monoisotopic (exact) mass is 735 g/mol. The summed E-state index contributed by atoms with van der Waals surface area (Å²) in [6.07, 6.45) is -2.03. The number of aliphatic carboxylic acids is 3. The van der Waals surface area contributed by atoms with E-state index in [4.69, 9.17) is 10.8 Å². The van der Waals surface area contributed by atoms with Crippen LogP contribution >= 0.6 is 0 Å². The minimum atomic E-state index is -1.89. The van der Waals surface area contributed by atoms with Crippen LogP contribution in [-0.4, -0.2) is 146 Å². The van der Waals surface area contributed by atoms with Gasteiger partial charge in [-0.05, 0) is 18.3 Å². The predicted molar refractivity (Wildman–Crippen MR) is 172 cm³/mol. The van der Waals surface area contributed by atoms with Gasteiger partial charge in [0.05, 0.1) is 26.2 Å². The molecule has 22 nitrogen and oxygen atoms in total. The van der Waals surface area contributed by atoms with E-state index in [1.54, 1.807) is 6.92 Å². The summed E-state index contributed by atoms with van der Waals surface area (Å²) in [6, 6.07) is -11.4. The molecule has 8 atom stereocenters. The molecule has 0 saturated heterocycles. The van der Waals surface area contributed by atoms with E-state index in [1.807, 2.05) is 5.32 Å². The number of carboxylic acid groups (broad SMARTS) is 3. The quantitative estimate of drug-likeness (QED) is 0.0439. The second-order valence-corrected chi connectivity index (χ2v) is 11.9. The largest absolute Gasteiger partial charge is 0.481 e. The number of hydrogen-bond acceptors (Lipinski definition) is 13. The second kappa shape index (κ2) is 22.7. The van der Waals surface area contributed by atoms with Gasteiger partial charge in [0.2, 0.25) is 35.4 Å². The van der Waals surface area contributed by atoms with Gasteiger partial charge in [0.25, 0.3) is 0 Å². The Morgan fingerprint density at radius 3 is 1.41 bits per heavy atom. The number of carboxylic acids is 3. The Bertz CT molecular complexity index is 1260. The first-order valence-corrected chi connectivity index (χ1v) is 15.8. The zero-order valence-electron chi connectivity index (χ0n) is 28.6. The molecule has 0 bridgehead atoms. The summed E-state index contributed by atoms with van der Waals surface area (Å²) in [6.45, 7) is 3.25. The highest BCUT2D eigenvalue weighted by Gasteiger charge is 2.35. The highest BCUT2D eigenvalue weighted by atomic mass is 16.4. The molecular weight excluding hydrogens is 686 g/mol. The van der Waals surface area contributed by atoms with Crippen LogP contribution in [0.3, 0.4) is 0 Å². The maximum absolute atomic E-state index is 13.4. The van der Waals surface area contributed by atoms with Gasteiger partial charge in [-0.15, -0.1) is 0 Å². The number of amides is 6. The van der Waals surface area contributed by atoms with Crippen molar-refractivity contribution < 1.29 is 73.8 Å². The van der Waals surface area contributed by atoms with Crippen molar-refractivity contribution >= 4 is 53.4 Å². The van der Waals surface area contributed by atoms with Gasteiger partial charge in [-0.1, -0.05) is 34.1 Å². The number of rotatable bonds is 24. The van der Waals surface area contributed by atoms with E-state index in [2.05, 4.69) is 26.6 Å². The molecule has 0 heterocycles. The van der Waals surface area contributed by atoms with E-state index in [0.717, 1.165) is 0 Å². The Morgan fingerprint density at radius 2 is 0.980 bits per heavy atom. The zero-order valence-corrected chi connectivity index (χ0v) is 28.6. The first-order valence-electron chi connectivity index (χ1n) is 15.8. The van der Waals surface area contributed by atoms with Crippen molar-refractivity contribution in [2.24, 2.45) is 17.6 Å². The number of aliphatic hydroxyl groups is 3. The number of aliphatic hydroxyl groups excluding tert-OH is 3. The van der Waals surface area contributed by atoms with E-state index >= 15 is 0 Å². The lowest BCUT2D eigenvalue weighted by Crippen LogP contribution is -2.61. The number of carbonyl (C=O) groups is 9. The molecule has 0 spiro atoms. The van der Waals surface area contributed by atoms with Crippen molar-refractivity contribution in [3.05, 3.63) is 0 Å². The summed E-state index contributed by atoms with van der Waals surface area (Å²) < 4.78 is 0. The maximum Gasteiger partial charge on any atom is 0.326 e. The molecule has 22 heteroatoms. The fourth-order valence-electron chi connectivity index (χ4n) is 4.20. The van der Waals surface area contributed by atoms with Crippen molar-refractivity contribution in [2.75, 3.05) is 19.8 Å². The van der Waals surface area contributed by atoms with E-state index in [9.17, 15) is 68.7 Å². The average molecular weight is 736 g/mol. The van der Waals surface area contributed by atoms with E-state index in [1.165, 1.54) is 20.8 Å². The number of nitrogens with one attached hydrogen (secondary N) is 6. The summed E-state index contributed by atoms with van der Waals surface area (Å²) in [7, 11) is 0. The first kappa shape index (κ1) is 46.1. The second-order valence-electron chi connectivity index (χ2n) is 11.9. The molecule has 0 saturated carbocycles. The van der Waals surface area contributed by atoms with Crippen LogP contribution in [0.5, 0.6) is 0 Å². The van der Waals surface area contributed by atoms with Crippen LogP contribution in [0.1, 0.15) is 53.4 Å². The molecule has 290 valence electrons. The smallest absolute Gasteiger partial charge is 0.326 e. The molecule has 51 heavy (non-hydrogen) atoms. The fourth-order valence-corrected chi connectivity index (χ4v) is 4.20. The molecule has 0 aliphatic carbocycles. The normalized spacial score (nSPS) is 15.7. The summed E-state index contributed by atoms with van der Waals surface area (Å²) >= 11 is 0. The van der Waals surface area contributed by atoms with Gasteiger partial charge >= 0.3 is 17.9 Å². The molecule has 0 radical (unpaired) electrons. The Hall–Kier alpha value is -4.93. The summed E-state index contributed by atoms with van der Waals surface area (Å²) in [5, 5.41) is 69.3. The lowest BCUT2D eigenvalue weighted by Gasteiger charge is -2.29. The molecule has 0 aromatic carbocycles. The predicted octanol–water partition coefficient (Wildman–Crippen LogP) is -5.67. The van der Waals surface area contributed by atoms with Crippen molar-refractivity contribution in [3.8, 4) is 0 Å². The van der Waals surface area contributed by atoms with Crippen molar-refractivity contribution in [3.63, 3.8) is 0 Å². The molecule has 0 unspecified atom stereocenters. The third kappa shape index (κ3) is 16.1. The highest BCUT2D eigenvalue weighted by molar-refractivity contribution is 5.98. The summed E-state index contributed by atoms with van der Waals surface area (Å²) in [5.41, 5.74) is 5.41. The number of carbonyl (C=O) groups excluding carboxylic acids is 6. The van der Waals surface area contributed by atoms with Crippen LogP contribution < -0.4 is 37.6 Å². The average Bonchev–Trinajstić information content (AvgIpc) is 3.06. The number of hydrogen-bond donors (Lipinski definition) is 13. The Balaban J connectivity index is 6.11. The van der Waals surface area contributed by atoms with E-state index in [0.29, 0.717) is 0 Å². The van der Waals surface area contributed by atoms with Crippen LogP contribution in [0.2, 0.25) is 0 Å². The third-order valence-corrected chi connectivity index (χ3v) is 7.48. The lowest BCUT2D eigenvalue weighted by molar-refractivity contribution is -0.145. The Kier molecular flexibility index (Phi) is 20.5. The summed E-state index contributed by atoms with van der Waals surface area (Å²) in [5.74, 6) is -12.5. The van der Waals surface area contributed by atoms with Crippen LogP contribution in [0, 0.1) is 11.8 Å². The first-order chi connectivity index (χ1) is 23.7. The van der Waals surface area contributed by atoms with Crippen molar-refractivity contribution in [1.82, 2.24) is 31.9 Å². The van der Waals surface area contributed by atoms with Crippen LogP contribution in [0.4, 0.5) is 0 Å². The Morgan fingerprint density at radius 1 is 0.549 bits per heavy atom. The van der Waals surface area contributed by atoms with E-state index < -0.39 is 147 Å². The molecule has 14 N–H and O–H groups in total. The number of nitrogens with two attached hydrogens (primary N) is 1. The van der Waals surface area contributed by atoms with Crippen molar-refractivity contribution in [1.29, 1.82) is 0 Å². The molecule has 0 aliphatic rings. The SMILES string of the molecule is CC[C@H](C)[C@H](NC(=O)[C@H](CO)NC(=O)[C@@H](N)CO)C(=O)N[C@@H](CCC(=O)O)C(=O)N[C@@H](CO)C(=O)N[C@@H](CC(=O)O)C(=O)N[C@H](C(=O)O)C(C)C. The molecule has 0 fully saturated rings. The van der Waals surface area contributed by atoms with Gasteiger partial charge in [-0.3, -0.25) is 38.4 Å². The van der Waals surface area contributed by atoms with Crippen LogP contribution in [-0.2, 0) is 43.2 Å². The molecule has 0 aromatic rings. The van der Waals surface area contributed by atoms with Crippen LogP contribution in [0.15, 0.2) is 0 Å². The molecule has 0 aromatic heterocycles. The summed E-state index contributed by atoms with van der Waals surface area (Å²) in [4.78, 5) is 111. The molecule has 6 amide bonds. The minimum Gasteiger partial charge on any atom is -0.481 e. The maximum atomic E-state index is 13.4. The third-order valence-electron chi connectivity index (χ3n) is 7.48. The molecular formula is C29H49N7O15. The lowest BCUT2D eigenvalue weighted by atomic mass is 9.97. The van der Waals surface area contributed by atoms with Gasteiger partial charge in [0, 0.05) is 6.42 Å². The zero-order chi connectivity index (χ0) is 39.6. The van der Waals surface area contributed by atoms with Gasteiger partial charge in [-0.2, -0.15) is 0 Å². The van der Waals surface area contributed by atoms with Crippen LogP contribution in [0.25, 0.3) is 0 Å². The minimum absolute atomic E-state index is 0.262. The topological polar surface area (TPSA) is 373 Å². The molecule has 0 rings (SSSR count). The highest BCUT2D eigenvalue weighted by Crippen LogP contribution is 2.11. The van der Waals surface area contributed by atoms with Gasteiger partial charge in [0.1, 0.15) is 42.3 Å². The fraction of sp³-hybridized carbons (Fsp3) is 0.690. The van der Waals surface area contributed by atoms with Gasteiger partial charge < -0.3 is 68.3 Å².